The lowest BCUT2D eigenvalue weighted by Gasteiger charge is -2.27. The van der Waals surface area contributed by atoms with Crippen LogP contribution < -0.4 is 0 Å². The fourth-order valence-corrected chi connectivity index (χ4v) is 4.40. The minimum absolute atomic E-state index is 0.0356. The molecule has 0 spiro atoms. The predicted octanol–water partition coefficient (Wildman–Crippen LogP) is 3.27. The second-order valence-corrected chi connectivity index (χ2v) is 8.36. The van der Waals surface area contributed by atoms with E-state index in [0.717, 1.165) is 63.4 Å². The Morgan fingerprint density at radius 3 is 2.67 bits per heavy atom. The van der Waals surface area contributed by atoms with E-state index in [-0.39, 0.29) is 5.91 Å². The van der Waals surface area contributed by atoms with Crippen LogP contribution in [0.4, 0.5) is 0 Å². The Bertz CT molecular complexity index is 855. The van der Waals surface area contributed by atoms with Crippen molar-refractivity contribution in [3.05, 3.63) is 71.8 Å². The zero-order valence-corrected chi connectivity index (χ0v) is 17.8. The van der Waals surface area contributed by atoms with E-state index in [1.54, 1.807) is 0 Å². The Morgan fingerprint density at radius 1 is 1.00 bits per heavy atom. The van der Waals surface area contributed by atoms with Crippen molar-refractivity contribution in [2.75, 3.05) is 45.8 Å². The van der Waals surface area contributed by atoms with Gasteiger partial charge in [0.05, 0.1) is 13.1 Å². The van der Waals surface area contributed by atoms with Gasteiger partial charge in [-0.15, -0.1) is 0 Å². The van der Waals surface area contributed by atoms with Crippen LogP contribution in [0.15, 0.2) is 71.3 Å². The van der Waals surface area contributed by atoms with Gasteiger partial charge in [0.15, 0.2) is 0 Å². The Hall–Kier alpha value is -2.66. The van der Waals surface area contributed by atoms with Crippen molar-refractivity contribution >= 4 is 11.7 Å². The maximum Gasteiger partial charge on any atom is 0.251 e. The highest BCUT2D eigenvalue weighted by Crippen LogP contribution is 2.17. The van der Waals surface area contributed by atoms with Crippen molar-refractivity contribution in [3.8, 4) is 0 Å². The summed E-state index contributed by atoms with van der Waals surface area (Å²) < 4.78 is 0. The normalized spacial score (nSPS) is 21.2. The van der Waals surface area contributed by atoms with E-state index in [1.807, 2.05) is 23.1 Å². The van der Waals surface area contributed by atoms with Crippen LogP contribution in [-0.4, -0.2) is 72.3 Å². The summed E-state index contributed by atoms with van der Waals surface area (Å²) in [6.07, 6.45) is 10.1. The molecule has 0 radical (unpaired) electrons. The van der Waals surface area contributed by atoms with E-state index >= 15 is 0 Å². The number of fused-ring (bicyclic) bond motifs is 1. The molecule has 0 aromatic heterocycles. The minimum atomic E-state index is 0.0356. The van der Waals surface area contributed by atoms with Gasteiger partial charge >= 0.3 is 0 Å². The van der Waals surface area contributed by atoms with Crippen molar-refractivity contribution in [2.45, 2.75) is 25.8 Å². The lowest BCUT2D eigenvalue weighted by molar-refractivity contribution is -0.127. The molecular weight excluding hydrogens is 372 g/mol. The van der Waals surface area contributed by atoms with Crippen LogP contribution in [0.2, 0.25) is 0 Å². The number of rotatable bonds is 4. The summed E-state index contributed by atoms with van der Waals surface area (Å²) in [4.78, 5) is 24.8. The number of amidine groups is 1. The third-order valence-corrected chi connectivity index (χ3v) is 5.96. The first-order valence-corrected chi connectivity index (χ1v) is 11.1. The average Bonchev–Trinajstić information content (AvgIpc) is 3.20. The second-order valence-electron chi connectivity index (χ2n) is 8.36. The summed E-state index contributed by atoms with van der Waals surface area (Å²) in [5.41, 5.74) is 3.15. The monoisotopic (exact) mass is 404 g/mol. The summed E-state index contributed by atoms with van der Waals surface area (Å²) in [5, 5.41) is 0. The standard InChI is InChI=1S/C25H32N4O/c1-21-17-27(18-22-9-4-2-5-10-22)14-8-15-28-16-13-26-24(28)20-29(25(21)30)19-23-11-6-3-7-12-23/h3-4,6-7,9-12H,1-2,5,8,13-20H2. The highest BCUT2D eigenvalue weighted by molar-refractivity contribution is 5.97. The van der Waals surface area contributed by atoms with E-state index in [1.165, 1.54) is 5.57 Å². The number of benzene rings is 1. The smallest absolute Gasteiger partial charge is 0.251 e. The molecule has 5 heteroatoms. The van der Waals surface area contributed by atoms with Crippen molar-refractivity contribution in [3.63, 3.8) is 0 Å². The van der Waals surface area contributed by atoms with Crippen LogP contribution in [0, 0.1) is 0 Å². The highest BCUT2D eigenvalue weighted by atomic mass is 16.2. The molecule has 1 aromatic rings. The van der Waals surface area contributed by atoms with Gasteiger partial charge in [-0.3, -0.25) is 14.7 Å². The topological polar surface area (TPSA) is 39.1 Å². The quantitative estimate of drug-likeness (QED) is 0.723. The van der Waals surface area contributed by atoms with Crippen molar-refractivity contribution in [1.82, 2.24) is 14.7 Å². The second kappa shape index (κ2) is 9.90. The Balaban J connectivity index is 1.53. The van der Waals surface area contributed by atoms with Gasteiger partial charge in [0.1, 0.15) is 5.84 Å². The molecule has 5 nitrogen and oxygen atoms in total. The third kappa shape index (κ3) is 5.28. The van der Waals surface area contributed by atoms with E-state index in [0.29, 0.717) is 25.2 Å². The molecule has 1 aromatic carbocycles. The van der Waals surface area contributed by atoms with Gasteiger partial charge in [-0.25, -0.2) is 0 Å². The Kier molecular flexibility index (Phi) is 6.80. The summed E-state index contributed by atoms with van der Waals surface area (Å²) in [7, 11) is 0. The molecule has 1 saturated heterocycles. The minimum Gasteiger partial charge on any atom is -0.357 e. The molecule has 0 unspecified atom stereocenters. The molecule has 0 saturated carbocycles. The van der Waals surface area contributed by atoms with Crippen LogP contribution in [0.1, 0.15) is 24.8 Å². The number of amides is 1. The van der Waals surface area contributed by atoms with Gasteiger partial charge < -0.3 is 9.80 Å². The predicted molar refractivity (Wildman–Crippen MR) is 122 cm³/mol. The summed E-state index contributed by atoms with van der Waals surface area (Å²) >= 11 is 0. The molecule has 0 N–H and O–H groups in total. The highest BCUT2D eigenvalue weighted by Gasteiger charge is 2.26. The maximum atomic E-state index is 13.4. The first-order valence-electron chi connectivity index (χ1n) is 11.1. The van der Waals surface area contributed by atoms with Crippen LogP contribution in [0.3, 0.4) is 0 Å². The molecule has 30 heavy (non-hydrogen) atoms. The number of nitrogens with zero attached hydrogens (tertiary/aromatic N) is 4. The molecule has 1 aliphatic carbocycles. The largest absolute Gasteiger partial charge is 0.357 e. The fraction of sp³-hybridized carbons (Fsp3) is 0.440. The number of hydrogen-bond acceptors (Lipinski definition) is 4. The number of carbonyl (C=O) groups excluding carboxylic acids is 1. The molecule has 0 atom stereocenters. The zero-order chi connectivity index (χ0) is 20.8. The van der Waals surface area contributed by atoms with E-state index in [2.05, 4.69) is 46.7 Å². The summed E-state index contributed by atoms with van der Waals surface area (Å²) in [6, 6.07) is 10.2. The molecule has 0 bridgehead atoms. The fourth-order valence-electron chi connectivity index (χ4n) is 4.40. The molecule has 4 rings (SSSR count). The third-order valence-electron chi connectivity index (χ3n) is 5.96. The molecule has 1 amide bonds. The SMILES string of the molecule is C=C1CN(CC2=CCCC=C2)CCCN2CCN=C2CN(Cc2ccccc2)C1=O. The van der Waals surface area contributed by atoms with Gasteiger partial charge in [0.25, 0.3) is 5.91 Å². The van der Waals surface area contributed by atoms with Gasteiger partial charge in [-0.1, -0.05) is 55.1 Å². The molecule has 158 valence electrons. The van der Waals surface area contributed by atoms with Crippen LogP contribution in [0.25, 0.3) is 0 Å². The first-order chi connectivity index (χ1) is 14.7. The van der Waals surface area contributed by atoms with Gasteiger partial charge in [-0.05, 0) is 30.4 Å². The van der Waals surface area contributed by atoms with E-state index < -0.39 is 0 Å². The average molecular weight is 405 g/mol. The lowest BCUT2D eigenvalue weighted by Crippen LogP contribution is -2.42. The molecule has 1 fully saturated rings. The molecule has 2 aliphatic heterocycles. The summed E-state index contributed by atoms with van der Waals surface area (Å²) in [6.45, 7) is 10.6. The summed E-state index contributed by atoms with van der Waals surface area (Å²) in [5.74, 6) is 1.08. The van der Waals surface area contributed by atoms with Gasteiger partial charge in [0, 0.05) is 44.8 Å². The van der Waals surface area contributed by atoms with Crippen molar-refractivity contribution in [1.29, 1.82) is 0 Å². The number of aliphatic imine (C=N–C) groups is 1. The number of hydrogen-bond donors (Lipinski definition) is 0. The Labute approximate surface area is 180 Å². The Morgan fingerprint density at radius 2 is 1.87 bits per heavy atom. The van der Waals surface area contributed by atoms with Crippen LogP contribution in [0.5, 0.6) is 0 Å². The zero-order valence-electron chi connectivity index (χ0n) is 17.8. The molecule has 3 aliphatic rings. The van der Waals surface area contributed by atoms with E-state index in [9.17, 15) is 4.79 Å². The van der Waals surface area contributed by atoms with Crippen molar-refractivity contribution in [2.24, 2.45) is 4.99 Å². The van der Waals surface area contributed by atoms with Gasteiger partial charge in [0.2, 0.25) is 0 Å². The van der Waals surface area contributed by atoms with Crippen LogP contribution >= 0.6 is 0 Å². The number of carbonyl (C=O) groups is 1. The van der Waals surface area contributed by atoms with E-state index in [4.69, 9.17) is 4.99 Å². The molecular formula is C25H32N4O. The number of allylic oxidation sites excluding steroid dienone is 2. The van der Waals surface area contributed by atoms with Crippen LogP contribution in [-0.2, 0) is 11.3 Å². The lowest BCUT2D eigenvalue weighted by atomic mass is 10.1. The van der Waals surface area contributed by atoms with Crippen molar-refractivity contribution < 1.29 is 4.79 Å². The molecule has 2 heterocycles. The maximum absolute atomic E-state index is 13.4. The van der Waals surface area contributed by atoms with Gasteiger partial charge in [-0.2, -0.15) is 0 Å². The first kappa shape index (κ1) is 20.6.